The van der Waals surface area contributed by atoms with Crippen LogP contribution in [0.4, 0.5) is 0 Å². The van der Waals surface area contributed by atoms with E-state index >= 15 is 0 Å². The first-order chi connectivity index (χ1) is 12.7. The molecule has 0 aromatic heterocycles. The Morgan fingerprint density at radius 1 is 0.926 bits per heavy atom. The molecule has 144 valence electrons. The molecule has 4 rings (SSSR count). The Hall–Kier alpha value is -0.690. The van der Waals surface area contributed by atoms with E-state index in [9.17, 15) is 0 Å². The SMILES string of the molecule is CCC1=[C]([Hf]([CH3])([CH3])[C]2(C)C(C)=C(C)C(C)=C2C)Cc2ccc3c(c21)CCC3. The second-order valence-electron chi connectivity index (χ2n) is 9.83. The van der Waals surface area contributed by atoms with Crippen LogP contribution in [-0.4, -0.2) is 0 Å². The van der Waals surface area contributed by atoms with Crippen LogP contribution in [0.1, 0.15) is 76.6 Å². The normalized spacial score (nSPS) is 21.5. The van der Waals surface area contributed by atoms with Crippen molar-refractivity contribution in [1.82, 2.24) is 0 Å². The zero-order valence-corrected chi connectivity index (χ0v) is 22.3. The first kappa shape index (κ1) is 19.6. The predicted molar refractivity (Wildman–Crippen MR) is 116 cm³/mol. The molecule has 0 heterocycles. The minimum absolute atomic E-state index is 0.335. The molecule has 3 aliphatic carbocycles. The van der Waals surface area contributed by atoms with Gasteiger partial charge in [-0.3, -0.25) is 0 Å². The fourth-order valence-electron chi connectivity index (χ4n) is 6.51. The summed E-state index contributed by atoms with van der Waals surface area (Å²) in [7, 11) is 0. The average Bonchev–Trinajstić information content (AvgIpc) is 3.30. The molecule has 0 radical (unpaired) electrons. The van der Waals surface area contributed by atoms with Gasteiger partial charge in [0.05, 0.1) is 0 Å². The molecule has 0 spiro atoms. The first-order valence-corrected chi connectivity index (χ1v) is 21.7. The quantitative estimate of drug-likeness (QED) is 0.350. The van der Waals surface area contributed by atoms with Crippen molar-refractivity contribution in [3.63, 3.8) is 0 Å². The van der Waals surface area contributed by atoms with E-state index in [4.69, 9.17) is 0 Å². The van der Waals surface area contributed by atoms with Crippen LogP contribution in [0.3, 0.4) is 0 Å². The Labute approximate surface area is 171 Å². The Balaban J connectivity index is 1.92. The molecular weight excluding hydrogens is 491 g/mol. The Morgan fingerprint density at radius 3 is 2.11 bits per heavy atom. The zero-order valence-electron chi connectivity index (χ0n) is 18.7. The van der Waals surface area contributed by atoms with Crippen molar-refractivity contribution in [3.8, 4) is 0 Å². The molecule has 3 aliphatic rings. The molecule has 27 heavy (non-hydrogen) atoms. The van der Waals surface area contributed by atoms with Crippen LogP contribution in [0.25, 0.3) is 5.57 Å². The van der Waals surface area contributed by atoms with Crippen LogP contribution in [0.15, 0.2) is 37.8 Å². The van der Waals surface area contributed by atoms with E-state index in [2.05, 4.69) is 63.0 Å². The second-order valence-corrected chi connectivity index (χ2v) is 27.3. The molecule has 0 N–H and O–H groups in total. The van der Waals surface area contributed by atoms with Gasteiger partial charge in [-0.25, -0.2) is 0 Å². The van der Waals surface area contributed by atoms with E-state index in [1.807, 2.05) is 3.33 Å². The van der Waals surface area contributed by atoms with Gasteiger partial charge in [0.15, 0.2) is 0 Å². The fraction of sp³-hybridized carbons (Fsp3) is 0.538. The minimum atomic E-state index is -2.83. The summed E-state index contributed by atoms with van der Waals surface area (Å²) in [5.41, 5.74) is 15.0. The summed E-state index contributed by atoms with van der Waals surface area (Å²) in [5.74, 6) is 0. The summed E-state index contributed by atoms with van der Waals surface area (Å²) in [5, 5.41) is 0. The molecular formula is C26H36Hf. The molecule has 0 fully saturated rings. The van der Waals surface area contributed by atoms with Gasteiger partial charge >= 0.3 is 172 Å². The van der Waals surface area contributed by atoms with Gasteiger partial charge in [-0.1, -0.05) is 0 Å². The van der Waals surface area contributed by atoms with Crippen LogP contribution >= 0.6 is 0 Å². The van der Waals surface area contributed by atoms with Crippen molar-refractivity contribution < 1.29 is 20.0 Å². The monoisotopic (exact) mass is 528 g/mol. The molecule has 0 aliphatic heterocycles. The average molecular weight is 527 g/mol. The van der Waals surface area contributed by atoms with Crippen LogP contribution in [0, 0.1) is 0 Å². The van der Waals surface area contributed by atoms with E-state index in [0.717, 1.165) is 0 Å². The summed E-state index contributed by atoms with van der Waals surface area (Å²) in [6, 6.07) is 4.92. The molecule has 1 aromatic rings. The zero-order chi connectivity index (χ0) is 19.7. The molecule has 0 amide bonds. The molecule has 0 saturated carbocycles. The first-order valence-electron chi connectivity index (χ1n) is 10.9. The predicted octanol–water partition coefficient (Wildman–Crippen LogP) is 7.97. The van der Waals surface area contributed by atoms with Gasteiger partial charge in [-0.05, 0) is 0 Å². The van der Waals surface area contributed by atoms with Crippen molar-refractivity contribution in [3.05, 3.63) is 60.0 Å². The van der Waals surface area contributed by atoms with E-state index in [-0.39, 0.29) is 0 Å². The summed E-state index contributed by atoms with van der Waals surface area (Å²) >= 11 is -2.83. The fourth-order valence-corrected chi connectivity index (χ4v) is 22.8. The van der Waals surface area contributed by atoms with E-state index < -0.39 is 20.0 Å². The number of hydrogen-bond donors (Lipinski definition) is 0. The Bertz CT molecular complexity index is 909. The molecule has 1 aromatic carbocycles. The molecule has 0 saturated heterocycles. The molecule has 0 atom stereocenters. The third-order valence-electron chi connectivity index (χ3n) is 8.95. The van der Waals surface area contributed by atoms with Gasteiger partial charge in [0, 0.05) is 0 Å². The maximum absolute atomic E-state index is 2.83. The third-order valence-corrected chi connectivity index (χ3v) is 27.8. The van der Waals surface area contributed by atoms with Gasteiger partial charge in [-0.2, -0.15) is 0 Å². The van der Waals surface area contributed by atoms with Crippen LogP contribution in [0.5, 0.6) is 0 Å². The third kappa shape index (κ3) is 2.42. The Morgan fingerprint density at radius 2 is 1.52 bits per heavy atom. The van der Waals surface area contributed by atoms with Gasteiger partial charge in [0.1, 0.15) is 0 Å². The number of hydrogen-bond acceptors (Lipinski definition) is 0. The van der Waals surface area contributed by atoms with Gasteiger partial charge in [0.25, 0.3) is 0 Å². The summed E-state index contributed by atoms with van der Waals surface area (Å²) in [4.78, 5) is 0. The van der Waals surface area contributed by atoms with Crippen molar-refractivity contribution >= 4 is 5.57 Å². The number of fused-ring (bicyclic) bond motifs is 3. The molecule has 0 bridgehead atoms. The Kier molecular flexibility index (Phi) is 4.66. The number of aryl methyl sites for hydroxylation is 1. The van der Waals surface area contributed by atoms with Crippen molar-refractivity contribution in [2.45, 2.75) is 86.2 Å². The number of allylic oxidation sites excluding steroid dienone is 6. The number of benzene rings is 1. The van der Waals surface area contributed by atoms with E-state index in [1.165, 1.54) is 32.1 Å². The number of rotatable bonds is 3. The van der Waals surface area contributed by atoms with Gasteiger partial charge < -0.3 is 0 Å². The molecule has 1 heteroatoms. The summed E-state index contributed by atoms with van der Waals surface area (Å²) in [6.45, 7) is 14.6. The van der Waals surface area contributed by atoms with Gasteiger partial charge in [0.2, 0.25) is 0 Å². The van der Waals surface area contributed by atoms with Crippen molar-refractivity contribution in [1.29, 1.82) is 0 Å². The van der Waals surface area contributed by atoms with Crippen LogP contribution in [0.2, 0.25) is 12.5 Å². The standard InChI is InChI=1S/C14H15.C10H15.2CH3.Hf/c1-2-10-6-8-12-9-7-11-4-3-5-13(11)14(10)12;1-6-7(2)9(4)10(5)8(6)3;;;/h7,9H,2-5,8H2,1H3;1-5H3;2*1H3;. The van der Waals surface area contributed by atoms with Crippen LogP contribution < -0.4 is 0 Å². The summed E-state index contributed by atoms with van der Waals surface area (Å²) < 4.78 is 7.73. The molecule has 0 unspecified atom stereocenters. The molecule has 0 nitrogen and oxygen atoms in total. The van der Waals surface area contributed by atoms with Gasteiger partial charge in [-0.15, -0.1) is 0 Å². The maximum atomic E-state index is 2.74. The van der Waals surface area contributed by atoms with E-state index in [1.54, 1.807) is 50.1 Å². The topological polar surface area (TPSA) is 0 Å². The van der Waals surface area contributed by atoms with Crippen LogP contribution in [-0.2, 0) is 39.2 Å². The summed E-state index contributed by atoms with van der Waals surface area (Å²) in [6.07, 6.45) is 6.41. The second kappa shape index (κ2) is 6.41. The van der Waals surface area contributed by atoms with Crippen molar-refractivity contribution in [2.24, 2.45) is 0 Å². The van der Waals surface area contributed by atoms with E-state index in [0.29, 0.717) is 3.17 Å². The van der Waals surface area contributed by atoms with Crippen molar-refractivity contribution in [2.75, 3.05) is 0 Å².